The Kier molecular flexibility index (Phi) is 7.91. The Morgan fingerprint density at radius 2 is 1.87 bits per heavy atom. The van der Waals surface area contributed by atoms with Crippen molar-refractivity contribution in [1.29, 1.82) is 0 Å². The summed E-state index contributed by atoms with van der Waals surface area (Å²) in [5.41, 5.74) is 1.15. The van der Waals surface area contributed by atoms with E-state index in [1.807, 2.05) is 7.05 Å². The van der Waals surface area contributed by atoms with Crippen LogP contribution in [-0.4, -0.2) is 57.4 Å². The summed E-state index contributed by atoms with van der Waals surface area (Å²) in [5, 5.41) is 11.8. The van der Waals surface area contributed by atoms with E-state index in [0.29, 0.717) is 40.3 Å². The second-order valence-electron chi connectivity index (χ2n) is 6.67. The van der Waals surface area contributed by atoms with Crippen molar-refractivity contribution >= 4 is 40.9 Å². The average Bonchev–Trinajstić information content (AvgIpc) is 3.18. The molecule has 0 atom stereocenters. The fourth-order valence-corrected chi connectivity index (χ4v) is 3.39. The maximum absolute atomic E-state index is 12.6. The Hall–Kier alpha value is -3.04. The third-order valence-corrected chi connectivity index (χ3v) is 5.56. The minimum Gasteiger partial charge on any atom is -0.492 e. The van der Waals surface area contributed by atoms with Crippen LogP contribution in [-0.2, 0) is 11.8 Å². The molecule has 3 aromatic rings. The largest absolute Gasteiger partial charge is 0.492 e. The molecule has 0 spiro atoms. The van der Waals surface area contributed by atoms with Gasteiger partial charge in [0.1, 0.15) is 18.7 Å². The molecule has 0 fully saturated rings. The van der Waals surface area contributed by atoms with Gasteiger partial charge in [-0.1, -0.05) is 23.4 Å². The number of aryl methyl sites for hydroxylation is 1. The predicted octanol–water partition coefficient (Wildman–Crippen LogP) is 3.35. The van der Waals surface area contributed by atoms with Gasteiger partial charge in [-0.3, -0.25) is 9.59 Å². The molecule has 162 valence electrons. The third kappa shape index (κ3) is 6.73. The zero-order valence-corrected chi connectivity index (χ0v) is 18.7. The van der Waals surface area contributed by atoms with Crippen LogP contribution in [0, 0.1) is 0 Å². The number of benzene rings is 2. The summed E-state index contributed by atoms with van der Waals surface area (Å²) in [6.45, 7) is 0.792. The Morgan fingerprint density at radius 1 is 1.16 bits per heavy atom. The van der Waals surface area contributed by atoms with Crippen LogP contribution in [0.3, 0.4) is 0 Å². The van der Waals surface area contributed by atoms with E-state index >= 15 is 0 Å². The molecule has 2 amide bonds. The zero-order valence-electron chi connectivity index (χ0n) is 17.1. The number of carbonyl (C=O) groups is 2. The minimum atomic E-state index is -0.163. The first-order valence-electron chi connectivity index (χ1n) is 9.43. The number of ether oxygens (including phenoxy) is 1. The number of carbonyl (C=O) groups excluding carboxylic acids is 2. The molecule has 0 saturated carbocycles. The fourth-order valence-electron chi connectivity index (χ4n) is 2.58. The van der Waals surface area contributed by atoms with E-state index in [1.165, 1.54) is 11.8 Å². The minimum absolute atomic E-state index is 0.129. The van der Waals surface area contributed by atoms with Crippen LogP contribution in [0.15, 0.2) is 60.0 Å². The van der Waals surface area contributed by atoms with E-state index in [9.17, 15) is 9.59 Å². The molecule has 0 radical (unpaired) electrons. The third-order valence-electron chi connectivity index (χ3n) is 4.27. The number of rotatable bonds is 9. The van der Waals surface area contributed by atoms with E-state index in [4.69, 9.17) is 16.3 Å². The smallest absolute Gasteiger partial charge is 0.253 e. The van der Waals surface area contributed by atoms with Crippen molar-refractivity contribution in [2.45, 2.75) is 5.16 Å². The normalized spacial score (nSPS) is 10.5. The summed E-state index contributed by atoms with van der Waals surface area (Å²) in [7, 11) is 3.53. The van der Waals surface area contributed by atoms with E-state index < -0.39 is 0 Å². The summed E-state index contributed by atoms with van der Waals surface area (Å²) in [6, 6.07) is 13.8. The lowest BCUT2D eigenvalue weighted by atomic mass is 10.2. The Labute approximate surface area is 189 Å². The predicted molar refractivity (Wildman–Crippen MR) is 121 cm³/mol. The highest BCUT2D eigenvalue weighted by Crippen LogP contribution is 2.17. The monoisotopic (exact) mass is 459 g/mol. The van der Waals surface area contributed by atoms with Crippen molar-refractivity contribution in [2.75, 3.05) is 31.3 Å². The van der Waals surface area contributed by atoms with Gasteiger partial charge in [-0.05, 0) is 48.5 Å². The maximum atomic E-state index is 12.6. The Balaban J connectivity index is 1.44. The lowest BCUT2D eigenvalue weighted by Crippen LogP contribution is -2.30. The van der Waals surface area contributed by atoms with Crippen molar-refractivity contribution in [3.63, 3.8) is 0 Å². The van der Waals surface area contributed by atoms with Gasteiger partial charge < -0.3 is 19.5 Å². The highest BCUT2D eigenvalue weighted by Gasteiger charge is 2.12. The van der Waals surface area contributed by atoms with Crippen molar-refractivity contribution in [1.82, 2.24) is 19.7 Å². The number of amides is 2. The van der Waals surface area contributed by atoms with Gasteiger partial charge in [-0.15, -0.1) is 10.2 Å². The molecule has 2 aromatic carbocycles. The molecule has 1 heterocycles. The van der Waals surface area contributed by atoms with Gasteiger partial charge in [0, 0.05) is 30.4 Å². The van der Waals surface area contributed by atoms with Gasteiger partial charge in [0.15, 0.2) is 5.16 Å². The van der Waals surface area contributed by atoms with Gasteiger partial charge in [0.25, 0.3) is 5.91 Å². The fraction of sp³-hybridized carbons (Fsp3) is 0.238. The van der Waals surface area contributed by atoms with Crippen molar-refractivity contribution in [3.8, 4) is 5.75 Å². The number of hydrogen-bond acceptors (Lipinski definition) is 6. The number of likely N-dealkylation sites (N-methyl/N-ethyl adjacent to an activating group) is 1. The highest BCUT2D eigenvalue weighted by molar-refractivity contribution is 7.99. The second-order valence-corrected chi connectivity index (χ2v) is 8.05. The van der Waals surface area contributed by atoms with E-state index in [0.717, 1.165) is 0 Å². The van der Waals surface area contributed by atoms with Gasteiger partial charge in [-0.2, -0.15) is 0 Å². The first-order chi connectivity index (χ1) is 14.9. The molecule has 1 aromatic heterocycles. The van der Waals surface area contributed by atoms with Crippen LogP contribution in [0.5, 0.6) is 5.75 Å². The molecule has 3 rings (SSSR count). The lowest BCUT2D eigenvalue weighted by Gasteiger charge is -2.18. The number of halogens is 1. The SMILES string of the molecule is CN(CCOc1ccc(Cl)cc1)C(=O)c1ccc(NC(=O)CSc2nncn2C)cc1. The molecular weight excluding hydrogens is 438 g/mol. The number of nitrogens with one attached hydrogen (secondary N) is 1. The number of thioether (sulfide) groups is 1. The molecule has 10 heteroatoms. The van der Waals surface area contributed by atoms with E-state index in [-0.39, 0.29) is 17.6 Å². The zero-order chi connectivity index (χ0) is 22.2. The molecule has 31 heavy (non-hydrogen) atoms. The van der Waals surface area contributed by atoms with E-state index in [2.05, 4.69) is 15.5 Å². The number of aromatic nitrogens is 3. The van der Waals surface area contributed by atoms with Crippen LogP contribution in [0.1, 0.15) is 10.4 Å². The molecule has 0 aliphatic heterocycles. The highest BCUT2D eigenvalue weighted by atomic mass is 35.5. The molecule has 0 aliphatic carbocycles. The van der Waals surface area contributed by atoms with Crippen LogP contribution in [0.4, 0.5) is 5.69 Å². The number of nitrogens with zero attached hydrogens (tertiary/aromatic N) is 4. The van der Waals surface area contributed by atoms with Crippen molar-refractivity contribution in [3.05, 3.63) is 65.4 Å². The molecule has 0 saturated heterocycles. The van der Waals surface area contributed by atoms with Gasteiger partial charge in [0.05, 0.1) is 12.3 Å². The summed E-state index contributed by atoms with van der Waals surface area (Å²) in [5.74, 6) is 0.616. The molecule has 0 unspecified atom stereocenters. The van der Waals surface area contributed by atoms with Crippen molar-refractivity contribution < 1.29 is 14.3 Å². The molecule has 0 bridgehead atoms. The van der Waals surface area contributed by atoms with Crippen LogP contribution >= 0.6 is 23.4 Å². The summed E-state index contributed by atoms with van der Waals surface area (Å²) >= 11 is 7.15. The van der Waals surface area contributed by atoms with Crippen LogP contribution < -0.4 is 10.1 Å². The Bertz CT molecular complexity index is 1020. The lowest BCUT2D eigenvalue weighted by molar-refractivity contribution is -0.113. The van der Waals surface area contributed by atoms with E-state index in [1.54, 1.807) is 71.4 Å². The number of hydrogen-bond donors (Lipinski definition) is 1. The standard InChI is InChI=1S/C21H22ClN5O3S/c1-26(11-12-30-18-9-5-16(22)6-10-18)20(29)15-3-7-17(8-4-15)24-19(28)13-31-21-25-23-14-27(21)2/h3-10,14H,11-13H2,1-2H3,(H,24,28). The van der Waals surface area contributed by atoms with Gasteiger partial charge in [-0.25, -0.2) is 0 Å². The summed E-state index contributed by atoms with van der Waals surface area (Å²) in [4.78, 5) is 26.3. The molecular formula is C21H22ClN5O3S. The molecule has 8 nitrogen and oxygen atoms in total. The average molecular weight is 460 g/mol. The van der Waals surface area contributed by atoms with Crippen LogP contribution in [0.25, 0.3) is 0 Å². The first kappa shape index (κ1) is 22.6. The summed E-state index contributed by atoms with van der Waals surface area (Å²) in [6.07, 6.45) is 1.58. The second kappa shape index (κ2) is 10.8. The van der Waals surface area contributed by atoms with Crippen molar-refractivity contribution in [2.24, 2.45) is 7.05 Å². The first-order valence-corrected chi connectivity index (χ1v) is 10.8. The van der Waals surface area contributed by atoms with Gasteiger partial charge >= 0.3 is 0 Å². The topological polar surface area (TPSA) is 89.3 Å². The van der Waals surface area contributed by atoms with Gasteiger partial charge in [0.2, 0.25) is 5.91 Å². The number of anilines is 1. The molecule has 1 N–H and O–H groups in total. The Morgan fingerprint density at radius 3 is 2.52 bits per heavy atom. The quantitative estimate of drug-likeness (QED) is 0.493. The summed E-state index contributed by atoms with van der Waals surface area (Å²) < 4.78 is 7.37. The maximum Gasteiger partial charge on any atom is 0.253 e. The molecule has 0 aliphatic rings. The van der Waals surface area contributed by atoms with Crippen LogP contribution in [0.2, 0.25) is 5.02 Å².